The first kappa shape index (κ1) is 28.5. The molecule has 202 valence electrons. The maximum Gasteiger partial charge on any atom is 0.253 e. The molecule has 1 heterocycles. The fourth-order valence-electron chi connectivity index (χ4n) is 4.57. The van der Waals surface area contributed by atoms with Gasteiger partial charge < -0.3 is 24.6 Å². The second kappa shape index (κ2) is 13.0. The number of nitrogens with zero attached hydrogens (tertiary/aromatic N) is 3. The third-order valence-electron chi connectivity index (χ3n) is 6.59. The molecule has 0 saturated carbocycles. The Labute approximate surface area is 224 Å². The number of rotatable bonds is 13. The van der Waals surface area contributed by atoms with Gasteiger partial charge in [0.2, 0.25) is 0 Å². The molecule has 0 bridgehead atoms. The van der Waals surface area contributed by atoms with Crippen molar-refractivity contribution < 1.29 is 19.1 Å². The van der Waals surface area contributed by atoms with Crippen molar-refractivity contribution in [3.05, 3.63) is 52.1 Å². The summed E-state index contributed by atoms with van der Waals surface area (Å²) in [7, 11) is 6.91. The molecule has 3 rings (SSSR count). The number of unbranched alkanes of at least 4 members (excludes halogenated alkanes) is 2. The van der Waals surface area contributed by atoms with Crippen LogP contribution in [0.25, 0.3) is 0 Å². The Hall–Kier alpha value is -4.06. The molecule has 9 heteroatoms. The van der Waals surface area contributed by atoms with E-state index in [0.29, 0.717) is 54.2 Å². The summed E-state index contributed by atoms with van der Waals surface area (Å²) < 4.78 is 11.6. The van der Waals surface area contributed by atoms with Gasteiger partial charge >= 0.3 is 0 Å². The highest BCUT2D eigenvalue weighted by molar-refractivity contribution is 6.08. The molecule has 2 aromatic carbocycles. The lowest BCUT2D eigenvalue weighted by Crippen LogP contribution is -2.30. The maximum atomic E-state index is 13.5. The highest BCUT2D eigenvalue weighted by atomic mass is 16.5. The van der Waals surface area contributed by atoms with E-state index in [4.69, 9.17) is 20.1 Å². The zero-order valence-electron chi connectivity index (χ0n) is 22.9. The molecule has 1 aliphatic heterocycles. The molecule has 9 nitrogen and oxygen atoms in total. The lowest BCUT2D eigenvalue weighted by atomic mass is 10.0. The van der Waals surface area contributed by atoms with Crippen LogP contribution in [0.5, 0.6) is 11.5 Å². The molecule has 1 aliphatic rings. The minimum Gasteiger partial charge on any atom is -0.493 e. The fourth-order valence-corrected chi connectivity index (χ4v) is 4.57. The number of fused-ring (bicyclic) bond motifs is 1. The van der Waals surface area contributed by atoms with Gasteiger partial charge in [-0.05, 0) is 54.7 Å². The number of methoxy groups -OCH3 is 1. The Kier molecular flexibility index (Phi) is 9.72. The van der Waals surface area contributed by atoms with Crippen molar-refractivity contribution >= 4 is 23.2 Å². The van der Waals surface area contributed by atoms with Crippen LogP contribution in [-0.2, 0) is 13.0 Å². The molecular formula is C29H37N5O4. The average molecular weight is 520 g/mol. The number of hydrogen-bond acceptors (Lipinski definition) is 7. The summed E-state index contributed by atoms with van der Waals surface area (Å²) in [5, 5.41) is 20.2. The SMILES string of the molecule is CCCCc1cc(C(=O)CN2Cc3cc(N(C)C)c(C(=O)NC)cc3C2=N)cc(OCCCC#N)c1OC. The van der Waals surface area contributed by atoms with Gasteiger partial charge in [-0.2, -0.15) is 5.26 Å². The van der Waals surface area contributed by atoms with Crippen LogP contribution < -0.4 is 19.7 Å². The van der Waals surface area contributed by atoms with E-state index in [1.54, 1.807) is 31.2 Å². The van der Waals surface area contributed by atoms with Crippen LogP contribution in [0.4, 0.5) is 5.69 Å². The number of anilines is 1. The zero-order chi connectivity index (χ0) is 27.8. The van der Waals surface area contributed by atoms with Gasteiger partial charge in [0.1, 0.15) is 5.84 Å². The molecular weight excluding hydrogens is 482 g/mol. The molecule has 0 unspecified atom stereocenters. The van der Waals surface area contributed by atoms with Crippen LogP contribution in [0.15, 0.2) is 24.3 Å². The van der Waals surface area contributed by atoms with E-state index in [-0.39, 0.29) is 24.1 Å². The molecule has 1 amide bonds. The molecule has 2 N–H and O–H groups in total. The van der Waals surface area contributed by atoms with E-state index in [2.05, 4.69) is 18.3 Å². The monoisotopic (exact) mass is 519 g/mol. The molecule has 0 aliphatic carbocycles. The molecule has 0 radical (unpaired) electrons. The summed E-state index contributed by atoms with van der Waals surface area (Å²) in [6.45, 7) is 2.89. The minimum absolute atomic E-state index is 0.0214. The van der Waals surface area contributed by atoms with Gasteiger partial charge in [-0.3, -0.25) is 15.0 Å². The van der Waals surface area contributed by atoms with Gasteiger partial charge in [0.05, 0.1) is 31.9 Å². The number of nitrogens with one attached hydrogen (secondary N) is 2. The van der Waals surface area contributed by atoms with Gasteiger partial charge in [-0.25, -0.2) is 0 Å². The number of ether oxygens (including phenoxy) is 2. The number of ketones is 1. The van der Waals surface area contributed by atoms with E-state index in [1.165, 1.54) is 0 Å². The van der Waals surface area contributed by atoms with E-state index in [0.717, 1.165) is 36.1 Å². The molecule has 38 heavy (non-hydrogen) atoms. The highest BCUT2D eigenvalue weighted by Gasteiger charge is 2.29. The summed E-state index contributed by atoms with van der Waals surface area (Å²) in [5.74, 6) is 0.971. The smallest absolute Gasteiger partial charge is 0.253 e. The lowest BCUT2D eigenvalue weighted by Gasteiger charge is -2.19. The van der Waals surface area contributed by atoms with Gasteiger partial charge in [-0.1, -0.05) is 13.3 Å². The van der Waals surface area contributed by atoms with Crippen LogP contribution in [0, 0.1) is 16.7 Å². The normalized spacial score (nSPS) is 12.1. The van der Waals surface area contributed by atoms with Crippen molar-refractivity contribution in [1.82, 2.24) is 10.2 Å². The first-order valence-corrected chi connectivity index (χ1v) is 12.9. The Bertz CT molecular complexity index is 1250. The second-order valence-electron chi connectivity index (χ2n) is 9.51. The van der Waals surface area contributed by atoms with Crippen LogP contribution in [0.3, 0.4) is 0 Å². The number of Topliss-reactive ketones (excluding diaryl/α,β-unsaturated/α-hetero) is 1. The Morgan fingerprint density at radius 1 is 1.21 bits per heavy atom. The van der Waals surface area contributed by atoms with Gasteiger partial charge in [0.25, 0.3) is 5.91 Å². The molecule has 0 spiro atoms. The maximum absolute atomic E-state index is 13.5. The average Bonchev–Trinajstić information content (AvgIpc) is 3.22. The second-order valence-corrected chi connectivity index (χ2v) is 9.51. The van der Waals surface area contributed by atoms with Gasteiger partial charge in [0, 0.05) is 50.9 Å². The summed E-state index contributed by atoms with van der Waals surface area (Å²) in [5.41, 5.74) is 4.21. The number of nitriles is 1. The standard InChI is InChI=1S/C29H37N5O4/c1-6-7-10-19-13-20(15-26(27(19)37-5)38-12-9-8-11-30)25(35)18-34-17-21-14-24(33(3)4)23(29(36)32-2)16-22(21)28(34)31/h13-16,31H,6-10,12,17-18H2,1-5H3,(H,32,36). The largest absolute Gasteiger partial charge is 0.493 e. The summed E-state index contributed by atoms with van der Waals surface area (Å²) >= 11 is 0. The quantitative estimate of drug-likeness (QED) is 0.301. The number of carbonyl (C=O) groups is 2. The van der Waals surface area contributed by atoms with Gasteiger partial charge in [0.15, 0.2) is 17.3 Å². The molecule has 0 atom stereocenters. The number of amidine groups is 1. The van der Waals surface area contributed by atoms with Crippen molar-refractivity contribution in [3.8, 4) is 17.6 Å². The predicted octanol–water partition coefficient (Wildman–Crippen LogP) is 4.17. The number of benzene rings is 2. The van der Waals surface area contributed by atoms with Crippen LogP contribution in [-0.4, -0.2) is 63.8 Å². The summed E-state index contributed by atoms with van der Waals surface area (Å²) in [6, 6.07) is 9.32. The first-order chi connectivity index (χ1) is 18.2. The Balaban J connectivity index is 1.88. The molecule has 0 aromatic heterocycles. The van der Waals surface area contributed by atoms with Crippen molar-refractivity contribution in [3.63, 3.8) is 0 Å². The molecule has 2 aromatic rings. The van der Waals surface area contributed by atoms with Crippen LogP contribution >= 0.6 is 0 Å². The molecule has 0 fully saturated rings. The van der Waals surface area contributed by atoms with Crippen molar-refractivity contribution in [2.24, 2.45) is 0 Å². The number of amides is 1. The number of hydrogen-bond donors (Lipinski definition) is 2. The van der Waals surface area contributed by atoms with Gasteiger partial charge in [-0.15, -0.1) is 0 Å². The van der Waals surface area contributed by atoms with Crippen LogP contribution in [0.2, 0.25) is 0 Å². The summed E-state index contributed by atoms with van der Waals surface area (Å²) in [6.07, 6.45) is 3.65. The van der Waals surface area contributed by atoms with Crippen molar-refractivity contribution in [2.75, 3.05) is 46.3 Å². The topological polar surface area (TPSA) is 119 Å². The molecule has 0 saturated heterocycles. The Morgan fingerprint density at radius 3 is 2.61 bits per heavy atom. The highest BCUT2D eigenvalue weighted by Crippen LogP contribution is 2.35. The van der Waals surface area contributed by atoms with E-state index >= 15 is 0 Å². The van der Waals surface area contributed by atoms with Crippen LogP contribution in [0.1, 0.15) is 70.0 Å². The Morgan fingerprint density at radius 2 is 1.97 bits per heavy atom. The van der Waals surface area contributed by atoms with E-state index in [9.17, 15) is 9.59 Å². The first-order valence-electron chi connectivity index (χ1n) is 12.9. The van der Waals surface area contributed by atoms with E-state index in [1.807, 2.05) is 31.1 Å². The summed E-state index contributed by atoms with van der Waals surface area (Å²) in [4.78, 5) is 29.6. The van der Waals surface area contributed by atoms with Crippen molar-refractivity contribution in [1.29, 1.82) is 10.7 Å². The van der Waals surface area contributed by atoms with E-state index < -0.39 is 0 Å². The number of carbonyl (C=O) groups excluding carboxylic acids is 2. The third kappa shape index (κ3) is 6.25. The zero-order valence-corrected chi connectivity index (χ0v) is 22.9. The fraction of sp³-hybridized carbons (Fsp3) is 0.448. The lowest BCUT2D eigenvalue weighted by molar-refractivity contribution is 0.0955. The predicted molar refractivity (Wildman–Crippen MR) is 148 cm³/mol. The number of aryl methyl sites for hydroxylation is 1. The third-order valence-corrected chi connectivity index (χ3v) is 6.59. The van der Waals surface area contributed by atoms with Crippen molar-refractivity contribution in [2.45, 2.75) is 45.6 Å². The minimum atomic E-state index is -0.223.